The summed E-state index contributed by atoms with van der Waals surface area (Å²) in [6, 6.07) is 10.4. The molecule has 4 rings (SSSR count). The van der Waals surface area contributed by atoms with Crippen molar-refractivity contribution in [3.63, 3.8) is 0 Å². The van der Waals surface area contributed by atoms with Crippen LogP contribution < -0.4 is 4.87 Å². The number of benzene rings is 2. The second-order valence-electron chi connectivity index (χ2n) is 5.93. The van der Waals surface area contributed by atoms with Crippen molar-refractivity contribution in [3.8, 4) is 11.6 Å². The van der Waals surface area contributed by atoms with E-state index < -0.39 is 27.5 Å². The molecule has 0 fully saturated rings. The van der Waals surface area contributed by atoms with Gasteiger partial charge in [-0.2, -0.15) is 13.2 Å². The van der Waals surface area contributed by atoms with Crippen LogP contribution in [0.4, 0.5) is 18.9 Å². The van der Waals surface area contributed by atoms with Crippen molar-refractivity contribution < 1.29 is 18.3 Å². The number of thiazole rings is 1. The third kappa shape index (κ3) is 3.14. The number of halogens is 4. The van der Waals surface area contributed by atoms with E-state index in [0.717, 1.165) is 39.3 Å². The fourth-order valence-electron chi connectivity index (χ4n) is 2.87. The zero-order chi connectivity index (χ0) is 20.1. The van der Waals surface area contributed by atoms with Crippen LogP contribution in [0.2, 0.25) is 5.02 Å². The first-order chi connectivity index (χ1) is 13.3. The highest BCUT2D eigenvalue weighted by Crippen LogP contribution is 2.38. The fraction of sp³-hybridized carbons (Fsp3) is 0.0526. The third-order valence-corrected chi connectivity index (χ3v) is 5.38. The Morgan fingerprint density at radius 1 is 1.18 bits per heavy atom. The molecule has 1 aliphatic heterocycles. The molecule has 28 heavy (non-hydrogen) atoms. The molecule has 0 amide bonds. The zero-order valence-corrected chi connectivity index (χ0v) is 15.4. The zero-order valence-electron chi connectivity index (χ0n) is 13.9. The van der Waals surface area contributed by atoms with Crippen LogP contribution in [0.1, 0.15) is 16.0 Å². The molecule has 3 aromatic rings. The lowest BCUT2D eigenvalue weighted by Crippen LogP contribution is -2.12. The number of hydrogen-bond acceptors (Lipinski definition) is 4. The van der Waals surface area contributed by atoms with Crippen LogP contribution in [0, 0.1) is 0 Å². The molecule has 0 unspecified atom stereocenters. The molecule has 4 nitrogen and oxygen atoms in total. The first kappa shape index (κ1) is 18.5. The number of hydrogen-bond donors (Lipinski definition) is 1. The van der Waals surface area contributed by atoms with Crippen molar-refractivity contribution in [2.75, 3.05) is 0 Å². The van der Waals surface area contributed by atoms with Crippen molar-refractivity contribution in [2.45, 2.75) is 6.18 Å². The summed E-state index contributed by atoms with van der Waals surface area (Å²) in [6.07, 6.45) is -1.51. The van der Waals surface area contributed by atoms with Gasteiger partial charge in [0.05, 0.1) is 26.8 Å². The number of para-hydroxylation sites is 1. The summed E-state index contributed by atoms with van der Waals surface area (Å²) >= 11 is 6.34. The molecular weight excluding hydrogens is 413 g/mol. The highest BCUT2D eigenvalue weighted by molar-refractivity contribution is 7.10. The summed E-state index contributed by atoms with van der Waals surface area (Å²) in [4.78, 5) is 16.2. The number of nitrogens with zero attached hydrogens (tertiary/aromatic N) is 2. The molecule has 0 saturated carbocycles. The van der Waals surface area contributed by atoms with E-state index in [4.69, 9.17) is 11.6 Å². The Kier molecular flexibility index (Phi) is 4.40. The van der Waals surface area contributed by atoms with E-state index in [0.29, 0.717) is 5.57 Å². The van der Waals surface area contributed by atoms with Gasteiger partial charge in [0.1, 0.15) is 0 Å². The largest absolute Gasteiger partial charge is 0.493 e. The molecule has 1 N–H and O–H groups in total. The number of fused-ring (bicyclic) bond motifs is 1. The Hall–Kier alpha value is -2.84. The number of aliphatic imine (C=N–C) groups is 1. The van der Waals surface area contributed by atoms with E-state index in [9.17, 15) is 23.1 Å². The average molecular weight is 423 g/mol. The Morgan fingerprint density at radius 3 is 2.68 bits per heavy atom. The summed E-state index contributed by atoms with van der Waals surface area (Å²) in [5.41, 5.74) is 1.07. The minimum atomic E-state index is -4.68. The van der Waals surface area contributed by atoms with Crippen molar-refractivity contribution in [1.29, 1.82) is 0 Å². The molecule has 2 heterocycles. The Balaban J connectivity index is 1.81. The van der Waals surface area contributed by atoms with Crippen LogP contribution in [0.3, 0.4) is 0 Å². The van der Waals surface area contributed by atoms with Gasteiger partial charge >= 0.3 is 11.0 Å². The van der Waals surface area contributed by atoms with Gasteiger partial charge in [-0.1, -0.05) is 41.1 Å². The quantitative estimate of drug-likeness (QED) is 0.590. The summed E-state index contributed by atoms with van der Waals surface area (Å²) < 4.78 is 40.1. The van der Waals surface area contributed by atoms with Gasteiger partial charge in [-0.25, -0.2) is 4.57 Å². The Labute approximate surface area is 165 Å². The maximum absolute atomic E-state index is 13.1. The lowest BCUT2D eigenvalue weighted by Gasteiger charge is -2.11. The van der Waals surface area contributed by atoms with Gasteiger partial charge in [0.25, 0.3) is 0 Å². The van der Waals surface area contributed by atoms with Crippen LogP contribution >= 0.6 is 22.9 Å². The number of alkyl halides is 3. The van der Waals surface area contributed by atoms with Gasteiger partial charge in [-0.3, -0.25) is 9.79 Å². The summed E-state index contributed by atoms with van der Waals surface area (Å²) in [5, 5.41) is 10.0. The molecular formula is C19H10ClF3N2O2S. The molecule has 1 aromatic heterocycles. The highest BCUT2D eigenvalue weighted by Gasteiger charge is 2.34. The van der Waals surface area contributed by atoms with E-state index >= 15 is 0 Å². The van der Waals surface area contributed by atoms with Crippen molar-refractivity contribution in [1.82, 2.24) is 4.57 Å². The van der Waals surface area contributed by atoms with Gasteiger partial charge in [0.15, 0.2) is 0 Å². The molecule has 9 heteroatoms. The molecule has 0 bridgehead atoms. The molecule has 0 saturated heterocycles. The van der Waals surface area contributed by atoms with Crippen LogP contribution in [-0.2, 0) is 6.18 Å². The third-order valence-electron chi connectivity index (χ3n) is 4.17. The van der Waals surface area contributed by atoms with Crippen LogP contribution in [0.25, 0.3) is 17.3 Å². The predicted octanol–water partition coefficient (Wildman–Crippen LogP) is 5.53. The molecule has 0 spiro atoms. The topological polar surface area (TPSA) is 54.6 Å². The standard InChI is InChI=1S/C19H10ClF3N2O2S/c20-14-6-5-11(8-13(14)19(21,22)23)25-17(26)16(28-18(25)27)7-10-9-24-15-4-2-1-3-12(10)15/h1-9,26H/b10-7-. The monoisotopic (exact) mass is 422 g/mol. The van der Waals surface area contributed by atoms with E-state index in [-0.39, 0.29) is 10.6 Å². The van der Waals surface area contributed by atoms with E-state index in [1.165, 1.54) is 6.07 Å². The number of aromatic hydroxyl groups is 1. The van der Waals surface area contributed by atoms with Gasteiger partial charge in [0, 0.05) is 17.4 Å². The second kappa shape index (κ2) is 6.65. The predicted molar refractivity (Wildman–Crippen MR) is 104 cm³/mol. The van der Waals surface area contributed by atoms with Crippen LogP contribution in [-0.4, -0.2) is 15.9 Å². The minimum absolute atomic E-state index is 0.124. The lowest BCUT2D eigenvalue weighted by molar-refractivity contribution is -0.137. The van der Waals surface area contributed by atoms with Crippen molar-refractivity contribution in [2.24, 2.45) is 4.99 Å². The Bertz CT molecular complexity index is 1210. The van der Waals surface area contributed by atoms with E-state index in [2.05, 4.69) is 4.99 Å². The number of aromatic nitrogens is 1. The highest BCUT2D eigenvalue weighted by atomic mass is 35.5. The van der Waals surface area contributed by atoms with Crippen LogP contribution in [0.5, 0.6) is 5.88 Å². The maximum atomic E-state index is 13.1. The average Bonchev–Trinajstić information content (AvgIpc) is 3.16. The summed E-state index contributed by atoms with van der Waals surface area (Å²) in [6.45, 7) is 0. The smallest absolute Gasteiger partial charge is 0.417 e. The molecule has 0 radical (unpaired) electrons. The molecule has 2 aromatic carbocycles. The van der Waals surface area contributed by atoms with E-state index in [1.54, 1.807) is 12.3 Å². The number of allylic oxidation sites excluding steroid dienone is 1. The SMILES string of the molecule is O=c1sc(/C=C2/C=Nc3ccccc32)c(O)n1-c1ccc(Cl)c(C(F)(F)F)c1. The first-order valence-electron chi connectivity index (χ1n) is 7.93. The lowest BCUT2D eigenvalue weighted by atomic mass is 10.1. The minimum Gasteiger partial charge on any atom is -0.493 e. The van der Waals surface area contributed by atoms with Gasteiger partial charge in [-0.15, -0.1) is 0 Å². The summed E-state index contributed by atoms with van der Waals surface area (Å²) in [5.74, 6) is -0.448. The molecule has 0 atom stereocenters. The van der Waals surface area contributed by atoms with Gasteiger partial charge in [0.2, 0.25) is 5.88 Å². The maximum Gasteiger partial charge on any atom is 0.417 e. The fourth-order valence-corrected chi connectivity index (χ4v) is 3.93. The molecule has 1 aliphatic rings. The summed E-state index contributed by atoms with van der Waals surface area (Å²) in [7, 11) is 0. The van der Waals surface area contributed by atoms with Crippen molar-refractivity contribution >= 4 is 46.5 Å². The second-order valence-corrected chi connectivity index (χ2v) is 7.33. The normalized spacial score (nSPS) is 14.6. The Morgan fingerprint density at radius 2 is 1.93 bits per heavy atom. The molecule has 142 valence electrons. The van der Waals surface area contributed by atoms with Gasteiger partial charge in [-0.05, 0) is 30.3 Å². The van der Waals surface area contributed by atoms with Gasteiger partial charge < -0.3 is 5.11 Å². The molecule has 0 aliphatic carbocycles. The first-order valence-corrected chi connectivity index (χ1v) is 9.12. The number of rotatable bonds is 2. The van der Waals surface area contributed by atoms with Crippen molar-refractivity contribution in [3.05, 3.63) is 73.2 Å². The van der Waals surface area contributed by atoms with E-state index in [1.807, 2.05) is 24.3 Å². The van der Waals surface area contributed by atoms with Crippen LogP contribution in [0.15, 0.2) is 52.3 Å².